The number of nitrogens with one attached hydrogen (secondary N) is 3. The van der Waals surface area contributed by atoms with Crippen molar-refractivity contribution in [2.45, 2.75) is 26.0 Å². The molecule has 13 nitrogen and oxygen atoms in total. The Labute approximate surface area is 261 Å². The molecule has 45 heavy (non-hydrogen) atoms. The Morgan fingerprint density at radius 2 is 1.78 bits per heavy atom. The molecule has 0 bridgehead atoms. The van der Waals surface area contributed by atoms with E-state index in [9.17, 15) is 19.5 Å². The number of hydrogen-bond donors (Lipinski definition) is 4. The Bertz CT molecular complexity index is 1550. The highest BCUT2D eigenvalue weighted by Gasteiger charge is 2.35. The molecule has 3 atom stereocenters. The summed E-state index contributed by atoms with van der Waals surface area (Å²) in [5.74, 6) is 1.36. The maximum atomic E-state index is 13.7. The summed E-state index contributed by atoms with van der Waals surface area (Å²) in [5, 5.41) is 18.4. The first-order chi connectivity index (χ1) is 21.7. The molecule has 0 spiro atoms. The van der Waals surface area contributed by atoms with Gasteiger partial charge in [0.15, 0.2) is 17.2 Å². The van der Waals surface area contributed by atoms with Crippen LogP contribution in [0, 0.1) is 5.92 Å². The molecule has 13 heteroatoms. The summed E-state index contributed by atoms with van der Waals surface area (Å²) in [5.41, 5.74) is 1.57. The van der Waals surface area contributed by atoms with Crippen molar-refractivity contribution in [2.75, 3.05) is 56.6 Å². The highest BCUT2D eigenvalue weighted by Crippen LogP contribution is 2.36. The number of aliphatic hydroxyl groups excluding tert-OH is 1. The minimum Gasteiger partial charge on any atom is -0.497 e. The number of amides is 5. The molecule has 2 aliphatic heterocycles. The van der Waals surface area contributed by atoms with Crippen molar-refractivity contribution >= 4 is 35.0 Å². The van der Waals surface area contributed by atoms with Crippen LogP contribution >= 0.6 is 0 Å². The van der Waals surface area contributed by atoms with Crippen LogP contribution in [0.25, 0.3) is 0 Å². The molecule has 238 valence electrons. The smallest absolute Gasteiger partial charge is 0.323 e. The summed E-state index contributed by atoms with van der Waals surface area (Å²) >= 11 is 0. The highest BCUT2D eigenvalue weighted by molar-refractivity contribution is 6.04. The van der Waals surface area contributed by atoms with Gasteiger partial charge in [-0.25, -0.2) is 9.59 Å². The van der Waals surface area contributed by atoms with E-state index in [1.807, 2.05) is 6.92 Å². The van der Waals surface area contributed by atoms with Gasteiger partial charge in [0, 0.05) is 37.0 Å². The number of nitrogens with zero attached hydrogens (tertiary/aromatic N) is 2. The van der Waals surface area contributed by atoms with Gasteiger partial charge in [-0.3, -0.25) is 4.79 Å². The molecule has 0 saturated heterocycles. The van der Waals surface area contributed by atoms with Crippen LogP contribution in [0.4, 0.5) is 26.7 Å². The van der Waals surface area contributed by atoms with Crippen molar-refractivity contribution in [3.8, 4) is 23.0 Å². The van der Waals surface area contributed by atoms with Crippen LogP contribution < -0.4 is 34.9 Å². The first-order valence-corrected chi connectivity index (χ1v) is 14.5. The number of carbonyl (C=O) groups is 3. The summed E-state index contributed by atoms with van der Waals surface area (Å²) < 4.78 is 22.4. The van der Waals surface area contributed by atoms with Crippen molar-refractivity contribution in [3.05, 3.63) is 66.2 Å². The Morgan fingerprint density at radius 3 is 2.51 bits per heavy atom. The fraction of sp³-hybridized carbons (Fsp3) is 0.344. The molecule has 0 radical (unpaired) electrons. The summed E-state index contributed by atoms with van der Waals surface area (Å²) in [7, 11) is 3.20. The molecule has 2 heterocycles. The van der Waals surface area contributed by atoms with E-state index in [2.05, 4.69) is 16.0 Å². The minimum atomic E-state index is -0.592. The Hall–Kier alpha value is -5.17. The number of carbonyl (C=O) groups excluding carboxylic acids is 3. The average Bonchev–Trinajstić information content (AvgIpc) is 3.51. The predicted octanol–water partition coefficient (Wildman–Crippen LogP) is 4.45. The fourth-order valence-electron chi connectivity index (χ4n) is 5.06. The van der Waals surface area contributed by atoms with E-state index in [0.29, 0.717) is 28.6 Å². The zero-order valence-electron chi connectivity index (χ0n) is 25.5. The van der Waals surface area contributed by atoms with Gasteiger partial charge < -0.3 is 49.8 Å². The normalized spacial score (nSPS) is 17.6. The van der Waals surface area contributed by atoms with Crippen LogP contribution in [0.1, 0.15) is 24.2 Å². The number of ether oxygens (including phenoxy) is 4. The fourth-order valence-corrected chi connectivity index (χ4v) is 5.06. The van der Waals surface area contributed by atoms with Gasteiger partial charge in [0.25, 0.3) is 5.91 Å². The van der Waals surface area contributed by atoms with E-state index in [0.717, 1.165) is 0 Å². The van der Waals surface area contributed by atoms with Crippen LogP contribution in [0.2, 0.25) is 0 Å². The molecule has 5 amide bonds. The van der Waals surface area contributed by atoms with E-state index in [4.69, 9.17) is 18.9 Å². The second kappa shape index (κ2) is 13.6. The molecule has 0 unspecified atom stereocenters. The molecule has 0 saturated carbocycles. The summed E-state index contributed by atoms with van der Waals surface area (Å²) in [6.07, 6.45) is -0.592. The molecule has 3 aromatic carbocycles. The van der Waals surface area contributed by atoms with Crippen molar-refractivity contribution in [2.24, 2.45) is 5.92 Å². The Balaban J connectivity index is 1.38. The molecular weight excluding hydrogens is 582 g/mol. The molecule has 0 fully saturated rings. The molecule has 2 aliphatic rings. The monoisotopic (exact) mass is 619 g/mol. The van der Waals surface area contributed by atoms with Gasteiger partial charge in [-0.05, 0) is 55.5 Å². The summed E-state index contributed by atoms with van der Waals surface area (Å²) in [6.45, 7) is 3.99. The number of fused-ring (bicyclic) bond motifs is 2. The predicted molar refractivity (Wildman–Crippen MR) is 167 cm³/mol. The van der Waals surface area contributed by atoms with Crippen molar-refractivity contribution in [1.29, 1.82) is 0 Å². The number of likely N-dealkylation sites (N-methyl/N-ethyl adjacent to an activating group) is 1. The maximum Gasteiger partial charge on any atom is 0.323 e. The average molecular weight is 620 g/mol. The van der Waals surface area contributed by atoms with Crippen LogP contribution in [0.15, 0.2) is 60.7 Å². The van der Waals surface area contributed by atoms with Gasteiger partial charge in [-0.1, -0.05) is 13.0 Å². The Morgan fingerprint density at radius 1 is 1.04 bits per heavy atom. The second-order valence-electron chi connectivity index (χ2n) is 11.0. The van der Waals surface area contributed by atoms with Crippen molar-refractivity contribution < 1.29 is 38.4 Å². The summed E-state index contributed by atoms with van der Waals surface area (Å²) in [6, 6.07) is 15.5. The zero-order chi connectivity index (χ0) is 32.1. The highest BCUT2D eigenvalue weighted by atomic mass is 16.7. The quantitative estimate of drug-likeness (QED) is 0.289. The lowest BCUT2D eigenvalue weighted by Gasteiger charge is -2.38. The van der Waals surface area contributed by atoms with Crippen LogP contribution in [0.3, 0.4) is 0 Å². The molecule has 0 aliphatic carbocycles. The van der Waals surface area contributed by atoms with Crippen LogP contribution in [0.5, 0.6) is 23.0 Å². The van der Waals surface area contributed by atoms with Gasteiger partial charge in [0.05, 0.1) is 37.6 Å². The molecule has 4 N–H and O–H groups in total. The van der Waals surface area contributed by atoms with Gasteiger partial charge in [-0.2, -0.15) is 0 Å². The third-order valence-electron chi connectivity index (χ3n) is 7.71. The number of urea groups is 2. The molecule has 5 rings (SSSR count). The van der Waals surface area contributed by atoms with Crippen molar-refractivity contribution in [1.82, 2.24) is 9.80 Å². The number of para-hydroxylation sites is 1. The largest absolute Gasteiger partial charge is 0.497 e. The molecule has 0 aromatic heterocycles. The Kier molecular flexibility index (Phi) is 9.48. The zero-order valence-corrected chi connectivity index (χ0v) is 25.5. The molecular formula is C32H37N5O8. The first-order valence-electron chi connectivity index (χ1n) is 14.5. The third kappa shape index (κ3) is 7.15. The lowest BCUT2D eigenvalue weighted by atomic mass is 9.99. The van der Waals surface area contributed by atoms with E-state index >= 15 is 0 Å². The van der Waals surface area contributed by atoms with Crippen molar-refractivity contribution in [3.63, 3.8) is 0 Å². The topological polar surface area (TPSA) is 151 Å². The SMILES string of the molecule is COc1ccc(NC(=O)Nc2cccc3c2O[C@H](CN(C)C(=O)Nc2ccc4c(c2)OCO4)[C@@H](C)CN([C@@H](C)CO)C3=O)cc1. The maximum absolute atomic E-state index is 13.7. The lowest BCUT2D eigenvalue weighted by Crippen LogP contribution is -2.50. The number of rotatable bonds is 8. The number of anilines is 3. The second-order valence-corrected chi connectivity index (χ2v) is 11.0. The van der Waals surface area contributed by atoms with Gasteiger partial charge in [-0.15, -0.1) is 0 Å². The number of aliphatic hydroxyl groups is 1. The minimum absolute atomic E-state index is 0.124. The van der Waals surface area contributed by atoms with E-state index in [1.165, 1.54) is 4.90 Å². The van der Waals surface area contributed by atoms with Gasteiger partial charge in [0.2, 0.25) is 6.79 Å². The number of benzene rings is 3. The molecule has 3 aromatic rings. The number of methoxy groups -OCH3 is 1. The van der Waals surface area contributed by atoms with Gasteiger partial charge >= 0.3 is 12.1 Å². The standard InChI is InChI=1S/C32H37N5O8/c1-19-15-37(20(2)17-38)30(39)24-6-5-7-25(35-31(40)33-21-8-11-23(42-4)12-9-21)29(24)45-28(19)16-36(3)32(41)34-22-10-13-26-27(14-22)44-18-43-26/h5-14,19-20,28,38H,15-18H2,1-4H3,(H,34,41)(H2,33,35,40)/t19-,20-,28+/m0/s1. The lowest BCUT2D eigenvalue weighted by molar-refractivity contribution is 0.0373. The third-order valence-corrected chi connectivity index (χ3v) is 7.71. The van der Waals surface area contributed by atoms with Crippen LogP contribution in [-0.4, -0.2) is 85.7 Å². The van der Waals surface area contributed by atoms with E-state index in [-0.39, 0.29) is 61.3 Å². The first kappa shape index (κ1) is 31.3. The van der Waals surface area contributed by atoms with E-state index in [1.54, 1.807) is 86.6 Å². The van der Waals surface area contributed by atoms with Gasteiger partial charge in [0.1, 0.15) is 11.9 Å². The van der Waals surface area contributed by atoms with E-state index < -0.39 is 18.2 Å². The summed E-state index contributed by atoms with van der Waals surface area (Å²) in [4.78, 5) is 43.0. The number of hydrogen-bond acceptors (Lipinski definition) is 8. The van der Waals surface area contributed by atoms with Crippen LogP contribution in [-0.2, 0) is 0 Å².